The Hall–Kier alpha value is -2.24. The van der Waals surface area contributed by atoms with Crippen LogP contribution in [-0.4, -0.2) is 25.1 Å². The minimum Gasteiger partial charge on any atom is -0.284 e. The smallest absolute Gasteiger partial charge is 0.169 e. The molecule has 6 heteroatoms. The maximum atomic E-state index is 6.51. The second-order valence-electron chi connectivity index (χ2n) is 8.79. The molecule has 0 fully saturated rings. The first-order chi connectivity index (χ1) is 13.8. The highest BCUT2D eigenvalue weighted by atomic mass is 35.5. The molecule has 1 heterocycles. The Morgan fingerprint density at radius 2 is 1.62 bits per heavy atom. The topological polar surface area (TPSA) is 46.8 Å². The van der Waals surface area contributed by atoms with Crippen molar-refractivity contribution in [1.29, 1.82) is 0 Å². The highest BCUT2D eigenvalue weighted by Gasteiger charge is 2.32. The van der Waals surface area contributed by atoms with Gasteiger partial charge < -0.3 is 0 Å². The lowest BCUT2D eigenvalue weighted by Crippen LogP contribution is -2.36. The molecule has 3 aromatic rings. The standard InChI is InChI=1S/C23H30ClN5/c1-17(2)21(22-25-26-27-29(22)23(3,4)5)28(15-18-11-7-6-8-12-18)16-19-13-9-10-14-20(19)24/h6-14,17,21H,15-16H2,1-5H3/t21-/m1/s1. The average molecular weight is 412 g/mol. The van der Waals surface area contributed by atoms with Crippen molar-refractivity contribution < 1.29 is 0 Å². The molecule has 3 rings (SSSR count). The van der Waals surface area contributed by atoms with Crippen molar-refractivity contribution in [3.63, 3.8) is 0 Å². The first kappa shape index (κ1) is 21.5. The third kappa shape index (κ3) is 5.22. The van der Waals surface area contributed by atoms with Crippen molar-refractivity contribution in [3.05, 3.63) is 76.6 Å². The molecule has 0 radical (unpaired) electrons. The summed E-state index contributed by atoms with van der Waals surface area (Å²) < 4.78 is 1.95. The molecular formula is C23H30ClN5. The van der Waals surface area contributed by atoms with Crippen molar-refractivity contribution in [2.45, 2.75) is 59.3 Å². The lowest BCUT2D eigenvalue weighted by atomic mass is 9.98. The molecule has 1 atom stereocenters. The fraction of sp³-hybridized carbons (Fsp3) is 0.435. The van der Waals surface area contributed by atoms with E-state index in [-0.39, 0.29) is 11.6 Å². The Morgan fingerprint density at radius 3 is 2.24 bits per heavy atom. The largest absolute Gasteiger partial charge is 0.284 e. The van der Waals surface area contributed by atoms with Crippen molar-refractivity contribution in [2.24, 2.45) is 5.92 Å². The van der Waals surface area contributed by atoms with Gasteiger partial charge in [0, 0.05) is 18.1 Å². The third-order valence-corrected chi connectivity index (χ3v) is 5.35. The van der Waals surface area contributed by atoms with Crippen LogP contribution in [0.3, 0.4) is 0 Å². The van der Waals surface area contributed by atoms with E-state index in [1.165, 1.54) is 5.56 Å². The van der Waals surface area contributed by atoms with Crippen LogP contribution in [0.2, 0.25) is 5.02 Å². The fourth-order valence-electron chi connectivity index (χ4n) is 3.66. The Morgan fingerprint density at radius 1 is 0.966 bits per heavy atom. The van der Waals surface area contributed by atoms with E-state index in [9.17, 15) is 0 Å². The van der Waals surface area contributed by atoms with Crippen molar-refractivity contribution in [1.82, 2.24) is 25.1 Å². The van der Waals surface area contributed by atoms with E-state index in [0.29, 0.717) is 12.5 Å². The van der Waals surface area contributed by atoms with Crippen LogP contribution in [0.15, 0.2) is 54.6 Å². The number of tetrazole rings is 1. The maximum Gasteiger partial charge on any atom is 0.169 e. The molecule has 154 valence electrons. The van der Waals surface area contributed by atoms with Crippen LogP contribution in [0.25, 0.3) is 0 Å². The van der Waals surface area contributed by atoms with Gasteiger partial charge in [0.05, 0.1) is 11.6 Å². The van der Waals surface area contributed by atoms with Gasteiger partial charge in [-0.1, -0.05) is 74.0 Å². The summed E-state index contributed by atoms with van der Waals surface area (Å²) >= 11 is 6.51. The molecule has 29 heavy (non-hydrogen) atoms. The third-order valence-electron chi connectivity index (χ3n) is 4.98. The fourth-order valence-corrected chi connectivity index (χ4v) is 3.85. The number of hydrogen-bond acceptors (Lipinski definition) is 4. The summed E-state index contributed by atoms with van der Waals surface area (Å²) in [6, 6.07) is 18.6. The lowest BCUT2D eigenvalue weighted by Gasteiger charge is -2.35. The zero-order valence-corrected chi connectivity index (χ0v) is 18.6. The predicted octanol–water partition coefficient (Wildman–Crippen LogP) is 5.48. The highest BCUT2D eigenvalue weighted by molar-refractivity contribution is 6.31. The SMILES string of the molecule is CC(C)[C@H](c1nnnn1C(C)(C)C)N(Cc1ccccc1)Cc1ccccc1Cl. The van der Waals surface area contributed by atoms with E-state index < -0.39 is 0 Å². The molecule has 0 saturated heterocycles. The minimum absolute atomic E-state index is 0.0423. The van der Waals surface area contributed by atoms with Crippen LogP contribution in [0.4, 0.5) is 0 Å². The Labute approximate surface area is 178 Å². The van der Waals surface area contributed by atoms with Gasteiger partial charge in [0.1, 0.15) is 0 Å². The van der Waals surface area contributed by atoms with E-state index in [4.69, 9.17) is 11.6 Å². The number of benzene rings is 2. The van der Waals surface area contributed by atoms with Crippen LogP contribution < -0.4 is 0 Å². The van der Waals surface area contributed by atoms with Gasteiger partial charge in [-0.2, -0.15) is 0 Å². The molecule has 5 nitrogen and oxygen atoms in total. The van der Waals surface area contributed by atoms with E-state index in [2.05, 4.69) is 85.4 Å². The van der Waals surface area contributed by atoms with Crippen LogP contribution in [0.5, 0.6) is 0 Å². The molecule has 0 aliphatic heterocycles. The second kappa shape index (κ2) is 9.06. The van der Waals surface area contributed by atoms with Gasteiger partial charge in [0.2, 0.25) is 0 Å². The van der Waals surface area contributed by atoms with Crippen LogP contribution in [-0.2, 0) is 18.6 Å². The summed E-state index contributed by atoms with van der Waals surface area (Å²) in [6.07, 6.45) is 0. The van der Waals surface area contributed by atoms with Gasteiger partial charge in [-0.25, -0.2) is 4.68 Å². The molecule has 0 bridgehead atoms. The number of hydrogen-bond donors (Lipinski definition) is 0. The zero-order chi connectivity index (χ0) is 21.0. The average Bonchev–Trinajstić information content (AvgIpc) is 3.14. The molecule has 0 aliphatic rings. The molecular weight excluding hydrogens is 382 g/mol. The van der Waals surface area contributed by atoms with Gasteiger partial charge >= 0.3 is 0 Å². The van der Waals surface area contributed by atoms with E-state index in [1.54, 1.807) is 0 Å². The summed E-state index contributed by atoms with van der Waals surface area (Å²) in [5.74, 6) is 1.20. The summed E-state index contributed by atoms with van der Waals surface area (Å²) in [5.41, 5.74) is 2.15. The van der Waals surface area contributed by atoms with E-state index in [0.717, 1.165) is 23.0 Å². The van der Waals surface area contributed by atoms with Gasteiger partial charge in [0.25, 0.3) is 0 Å². The first-order valence-electron chi connectivity index (χ1n) is 10.1. The summed E-state index contributed by atoms with van der Waals surface area (Å²) in [7, 11) is 0. The predicted molar refractivity (Wildman–Crippen MR) is 118 cm³/mol. The van der Waals surface area contributed by atoms with Gasteiger partial charge in [-0.3, -0.25) is 4.90 Å². The minimum atomic E-state index is -0.200. The number of halogens is 1. The van der Waals surface area contributed by atoms with Crippen LogP contribution >= 0.6 is 11.6 Å². The molecule has 0 N–H and O–H groups in total. The monoisotopic (exact) mass is 411 g/mol. The first-order valence-corrected chi connectivity index (χ1v) is 10.5. The van der Waals surface area contributed by atoms with Crippen LogP contribution in [0.1, 0.15) is 57.6 Å². The molecule has 0 saturated carbocycles. The second-order valence-corrected chi connectivity index (χ2v) is 9.20. The highest BCUT2D eigenvalue weighted by Crippen LogP contribution is 2.33. The molecule has 0 unspecified atom stereocenters. The van der Waals surface area contributed by atoms with Gasteiger partial charge in [-0.15, -0.1) is 5.10 Å². The summed E-state index contributed by atoms with van der Waals surface area (Å²) in [6.45, 7) is 12.3. The maximum absolute atomic E-state index is 6.51. The van der Waals surface area contributed by atoms with Crippen LogP contribution in [0, 0.1) is 5.92 Å². The molecule has 1 aromatic heterocycles. The van der Waals surface area contributed by atoms with Crippen molar-refractivity contribution in [2.75, 3.05) is 0 Å². The normalized spacial score (nSPS) is 13.2. The number of aromatic nitrogens is 4. The van der Waals surface area contributed by atoms with Crippen molar-refractivity contribution >= 4 is 11.6 Å². The molecule has 0 spiro atoms. The summed E-state index contributed by atoms with van der Waals surface area (Å²) in [5, 5.41) is 13.6. The van der Waals surface area contributed by atoms with Gasteiger partial charge in [0.15, 0.2) is 5.82 Å². The Bertz CT molecular complexity index is 914. The summed E-state index contributed by atoms with van der Waals surface area (Å²) in [4.78, 5) is 2.43. The number of nitrogens with zero attached hydrogens (tertiary/aromatic N) is 5. The lowest BCUT2D eigenvalue weighted by molar-refractivity contribution is 0.120. The number of rotatable bonds is 7. The van der Waals surface area contributed by atoms with E-state index >= 15 is 0 Å². The van der Waals surface area contributed by atoms with Gasteiger partial charge in [-0.05, 0) is 54.3 Å². The Kier molecular flexibility index (Phi) is 6.70. The molecule has 0 aliphatic carbocycles. The zero-order valence-electron chi connectivity index (χ0n) is 17.9. The Balaban J connectivity index is 2.04. The quantitative estimate of drug-likeness (QED) is 0.516. The molecule has 0 amide bonds. The van der Waals surface area contributed by atoms with E-state index in [1.807, 2.05) is 28.9 Å². The molecule has 2 aromatic carbocycles. The van der Waals surface area contributed by atoms with Crippen molar-refractivity contribution in [3.8, 4) is 0 Å².